The van der Waals surface area contributed by atoms with Gasteiger partial charge in [-0.05, 0) is 30.1 Å². The molecule has 0 aromatic rings. The fraction of sp³-hybridized carbons (Fsp3) is 0.625. The Morgan fingerprint density at radius 2 is 2.23 bits per heavy atom. The van der Waals surface area contributed by atoms with Crippen molar-refractivity contribution in [2.75, 3.05) is 12.3 Å². The predicted octanol–water partition coefficient (Wildman–Crippen LogP) is 2.61. The third-order valence-corrected chi connectivity index (χ3v) is 2.16. The Labute approximate surface area is 84.8 Å². The first-order valence-electron chi connectivity index (χ1n) is 4.05. The first-order valence-corrected chi connectivity index (χ1v) is 6.20. The molecule has 13 heavy (non-hydrogen) atoms. The zero-order valence-electron chi connectivity index (χ0n) is 7.72. The lowest BCUT2D eigenvalue weighted by molar-refractivity contribution is 0.671. The van der Waals surface area contributed by atoms with Crippen LogP contribution in [0.5, 0.6) is 0 Å². The fourth-order valence-electron chi connectivity index (χ4n) is 0.804. The number of hydrogen-bond acceptors (Lipinski definition) is 2. The molecule has 5 heteroatoms. The minimum atomic E-state index is -1.51. The summed E-state index contributed by atoms with van der Waals surface area (Å²) in [5.41, 5.74) is 0.407. The van der Waals surface area contributed by atoms with E-state index in [1.807, 2.05) is 13.8 Å². The Morgan fingerprint density at radius 1 is 1.62 bits per heavy atom. The maximum atomic E-state index is 13.2. The topological polar surface area (TPSA) is 29.4 Å². The van der Waals surface area contributed by atoms with Gasteiger partial charge in [0.1, 0.15) is 15.8 Å². The summed E-state index contributed by atoms with van der Waals surface area (Å²) < 4.78 is 23.6. The molecule has 0 rings (SSSR count). The van der Waals surface area contributed by atoms with E-state index in [-0.39, 0.29) is 5.75 Å². The highest BCUT2D eigenvalue weighted by atomic mass is 35.7. The molecular formula is C8H13ClFNOS. The molecule has 0 heterocycles. The normalized spacial score (nSPS) is 16.0. The number of rotatable bonds is 5. The van der Waals surface area contributed by atoms with Crippen LogP contribution in [0.1, 0.15) is 20.3 Å². The standard InChI is InChI=1S/C8H13ClFNOS/c1-3-8(11-4-2)7(10)5-6-13(9)12/h5H,3-4,6H2,1-2H3/b7-5+,11-8?. The third kappa shape index (κ3) is 5.93. The van der Waals surface area contributed by atoms with Gasteiger partial charge in [-0.3, -0.25) is 4.99 Å². The quantitative estimate of drug-likeness (QED) is 0.523. The lowest BCUT2D eigenvalue weighted by atomic mass is 10.2. The summed E-state index contributed by atoms with van der Waals surface area (Å²) in [6, 6.07) is 0. The molecule has 1 unspecified atom stereocenters. The molecule has 0 fully saturated rings. The van der Waals surface area contributed by atoms with Crippen LogP contribution in [-0.2, 0) is 10.0 Å². The molecule has 1 atom stereocenters. The Hall–Kier alpha value is -0.220. The van der Waals surface area contributed by atoms with Crippen LogP contribution in [0.15, 0.2) is 16.9 Å². The van der Waals surface area contributed by atoms with E-state index in [0.717, 1.165) is 0 Å². The number of allylic oxidation sites excluding steroid dienone is 1. The maximum Gasteiger partial charge on any atom is 0.141 e. The first-order chi connectivity index (χ1) is 6.11. The maximum absolute atomic E-state index is 13.2. The van der Waals surface area contributed by atoms with Gasteiger partial charge in [-0.25, -0.2) is 8.60 Å². The SMILES string of the molecule is CCN=C(CC)/C(F)=C\CS(=O)Cl. The van der Waals surface area contributed by atoms with Crippen molar-refractivity contribution in [3.63, 3.8) is 0 Å². The summed E-state index contributed by atoms with van der Waals surface area (Å²) in [7, 11) is 3.66. The molecule has 0 amide bonds. The van der Waals surface area contributed by atoms with Gasteiger partial charge in [0.2, 0.25) is 0 Å². The van der Waals surface area contributed by atoms with Gasteiger partial charge in [-0.15, -0.1) is 0 Å². The van der Waals surface area contributed by atoms with E-state index in [9.17, 15) is 8.60 Å². The van der Waals surface area contributed by atoms with Gasteiger partial charge in [0.05, 0.1) is 11.5 Å². The van der Waals surface area contributed by atoms with Crippen molar-refractivity contribution >= 4 is 26.4 Å². The Kier molecular flexibility index (Phi) is 7.09. The van der Waals surface area contributed by atoms with Gasteiger partial charge in [0.15, 0.2) is 0 Å². The van der Waals surface area contributed by atoms with Crippen molar-refractivity contribution in [3.05, 3.63) is 11.9 Å². The molecule has 0 saturated heterocycles. The fourth-order valence-corrected chi connectivity index (χ4v) is 1.27. The molecule has 0 aliphatic rings. The first kappa shape index (κ1) is 12.8. The molecule has 0 aliphatic heterocycles. The molecule has 0 aromatic heterocycles. The van der Waals surface area contributed by atoms with Crippen molar-refractivity contribution in [2.24, 2.45) is 4.99 Å². The van der Waals surface area contributed by atoms with Crippen molar-refractivity contribution in [2.45, 2.75) is 20.3 Å². The Morgan fingerprint density at radius 3 is 2.62 bits per heavy atom. The minimum absolute atomic E-state index is 0.0239. The van der Waals surface area contributed by atoms with E-state index in [2.05, 4.69) is 4.99 Å². The lowest BCUT2D eigenvalue weighted by Gasteiger charge is -1.98. The molecule has 0 spiro atoms. The molecule has 0 aromatic carbocycles. The molecule has 2 nitrogen and oxygen atoms in total. The molecule has 0 aliphatic carbocycles. The average molecular weight is 226 g/mol. The van der Waals surface area contributed by atoms with Crippen LogP contribution in [0, 0.1) is 0 Å². The third-order valence-electron chi connectivity index (χ3n) is 1.35. The predicted molar refractivity (Wildman–Crippen MR) is 56.3 cm³/mol. The summed E-state index contributed by atoms with van der Waals surface area (Å²) in [5, 5.41) is 0. The van der Waals surface area contributed by atoms with Crippen molar-refractivity contribution < 1.29 is 8.60 Å². The van der Waals surface area contributed by atoms with E-state index in [1.165, 1.54) is 6.08 Å². The van der Waals surface area contributed by atoms with Crippen LogP contribution >= 0.6 is 10.7 Å². The van der Waals surface area contributed by atoms with E-state index in [0.29, 0.717) is 18.7 Å². The molecule has 0 saturated carbocycles. The van der Waals surface area contributed by atoms with E-state index >= 15 is 0 Å². The highest BCUT2D eigenvalue weighted by Gasteiger charge is 2.03. The van der Waals surface area contributed by atoms with Gasteiger partial charge < -0.3 is 0 Å². The molecule has 0 bridgehead atoms. The summed E-state index contributed by atoms with van der Waals surface area (Å²) in [4.78, 5) is 3.95. The van der Waals surface area contributed by atoms with Gasteiger partial charge in [0, 0.05) is 6.54 Å². The van der Waals surface area contributed by atoms with E-state index in [1.54, 1.807) is 0 Å². The Balaban J connectivity index is 4.35. The Bertz CT molecular complexity index is 240. The largest absolute Gasteiger partial charge is 0.287 e. The molecule has 0 N–H and O–H groups in total. The highest BCUT2D eigenvalue weighted by Crippen LogP contribution is 2.05. The van der Waals surface area contributed by atoms with Gasteiger partial charge in [-0.2, -0.15) is 0 Å². The van der Waals surface area contributed by atoms with Crippen LogP contribution < -0.4 is 0 Å². The molecular weight excluding hydrogens is 213 g/mol. The van der Waals surface area contributed by atoms with Crippen LogP contribution in [0.4, 0.5) is 4.39 Å². The summed E-state index contributed by atoms with van der Waals surface area (Å²) in [6.07, 6.45) is 1.74. The summed E-state index contributed by atoms with van der Waals surface area (Å²) in [5.74, 6) is -0.394. The van der Waals surface area contributed by atoms with E-state index < -0.39 is 15.8 Å². The van der Waals surface area contributed by atoms with Crippen LogP contribution in [0.3, 0.4) is 0 Å². The summed E-state index contributed by atoms with van der Waals surface area (Å²) >= 11 is 0. The molecule has 76 valence electrons. The highest BCUT2D eigenvalue weighted by molar-refractivity contribution is 8.08. The van der Waals surface area contributed by atoms with Crippen molar-refractivity contribution in [1.82, 2.24) is 0 Å². The number of aliphatic imine (C=N–C) groups is 1. The second kappa shape index (κ2) is 7.21. The number of hydrogen-bond donors (Lipinski definition) is 0. The lowest BCUT2D eigenvalue weighted by Crippen LogP contribution is -1.99. The second-order valence-electron chi connectivity index (χ2n) is 2.28. The van der Waals surface area contributed by atoms with Crippen molar-refractivity contribution in [3.8, 4) is 0 Å². The monoisotopic (exact) mass is 225 g/mol. The minimum Gasteiger partial charge on any atom is -0.287 e. The van der Waals surface area contributed by atoms with Crippen molar-refractivity contribution in [1.29, 1.82) is 0 Å². The van der Waals surface area contributed by atoms with Crippen LogP contribution in [-0.4, -0.2) is 22.2 Å². The zero-order valence-corrected chi connectivity index (χ0v) is 9.29. The van der Waals surface area contributed by atoms with Gasteiger partial charge in [-0.1, -0.05) is 6.92 Å². The number of nitrogens with zero attached hydrogens (tertiary/aromatic N) is 1. The van der Waals surface area contributed by atoms with Crippen LogP contribution in [0.2, 0.25) is 0 Å². The van der Waals surface area contributed by atoms with Crippen LogP contribution in [0.25, 0.3) is 0 Å². The van der Waals surface area contributed by atoms with Gasteiger partial charge >= 0.3 is 0 Å². The zero-order chi connectivity index (χ0) is 10.3. The smallest absolute Gasteiger partial charge is 0.141 e. The molecule has 0 radical (unpaired) electrons. The average Bonchev–Trinajstić information content (AvgIpc) is 2.10. The van der Waals surface area contributed by atoms with E-state index in [4.69, 9.17) is 10.7 Å². The summed E-state index contributed by atoms with van der Waals surface area (Å²) in [6.45, 7) is 4.20. The number of halogens is 2. The second-order valence-corrected chi connectivity index (χ2v) is 4.23. The van der Waals surface area contributed by atoms with Gasteiger partial charge in [0.25, 0.3) is 0 Å².